The van der Waals surface area contributed by atoms with Gasteiger partial charge in [-0.25, -0.2) is 9.97 Å². The highest BCUT2D eigenvalue weighted by Crippen LogP contribution is 2.45. The SMILES string of the molecule is CCC(C)(C)[C@@H]1CCc2sc3ncnc(N/N=C/c4ccc(O)cc4)c3c2C1. The Kier molecular flexibility index (Phi) is 5.06. The first-order valence-electron chi connectivity index (χ1n) is 9.81. The molecule has 0 saturated heterocycles. The molecule has 28 heavy (non-hydrogen) atoms. The fraction of sp³-hybridized carbons (Fsp3) is 0.409. The van der Waals surface area contributed by atoms with Crippen LogP contribution in [-0.4, -0.2) is 21.3 Å². The van der Waals surface area contributed by atoms with Gasteiger partial charge in [-0.15, -0.1) is 11.3 Å². The smallest absolute Gasteiger partial charge is 0.158 e. The zero-order valence-corrected chi connectivity index (χ0v) is 17.4. The number of hydrazone groups is 1. The molecule has 2 N–H and O–H groups in total. The molecular weight excluding hydrogens is 368 g/mol. The Bertz CT molecular complexity index is 1010. The Morgan fingerprint density at radius 2 is 2.07 bits per heavy atom. The van der Waals surface area contributed by atoms with Gasteiger partial charge in [-0.05, 0) is 66.0 Å². The number of nitrogens with zero attached hydrogens (tertiary/aromatic N) is 3. The van der Waals surface area contributed by atoms with E-state index in [0.717, 1.165) is 34.4 Å². The summed E-state index contributed by atoms with van der Waals surface area (Å²) in [4.78, 5) is 11.5. The van der Waals surface area contributed by atoms with Crippen molar-refractivity contribution in [2.75, 3.05) is 5.43 Å². The molecule has 1 aliphatic carbocycles. The minimum absolute atomic E-state index is 0.247. The average molecular weight is 395 g/mol. The first-order chi connectivity index (χ1) is 13.5. The van der Waals surface area contributed by atoms with Crippen molar-refractivity contribution in [3.05, 3.63) is 46.6 Å². The molecule has 0 aliphatic heterocycles. The van der Waals surface area contributed by atoms with Crippen LogP contribution in [0.25, 0.3) is 10.2 Å². The van der Waals surface area contributed by atoms with E-state index in [1.807, 2.05) is 12.1 Å². The fourth-order valence-electron chi connectivity index (χ4n) is 3.88. The van der Waals surface area contributed by atoms with Crippen LogP contribution in [0.2, 0.25) is 0 Å². The van der Waals surface area contributed by atoms with E-state index in [0.29, 0.717) is 11.3 Å². The molecule has 0 spiro atoms. The van der Waals surface area contributed by atoms with Crippen LogP contribution >= 0.6 is 11.3 Å². The molecule has 146 valence electrons. The number of anilines is 1. The van der Waals surface area contributed by atoms with Gasteiger partial charge >= 0.3 is 0 Å². The van der Waals surface area contributed by atoms with Crippen molar-refractivity contribution in [3.8, 4) is 5.75 Å². The summed E-state index contributed by atoms with van der Waals surface area (Å²) in [6.07, 6.45) is 7.98. The second kappa shape index (κ2) is 7.51. The maximum atomic E-state index is 9.39. The number of hydrogen-bond donors (Lipinski definition) is 2. The average Bonchev–Trinajstić information content (AvgIpc) is 3.08. The van der Waals surface area contributed by atoms with Gasteiger partial charge < -0.3 is 5.11 Å². The zero-order chi connectivity index (χ0) is 19.7. The summed E-state index contributed by atoms with van der Waals surface area (Å²) in [5.41, 5.74) is 5.77. The molecular formula is C22H26N4OS. The maximum absolute atomic E-state index is 9.39. The Morgan fingerprint density at radius 1 is 1.29 bits per heavy atom. The van der Waals surface area contributed by atoms with Crippen LogP contribution in [0.3, 0.4) is 0 Å². The van der Waals surface area contributed by atoms with E-state index in [1.165, 1.54) is 23.3 Å². The van der Waals surface area contributed by atoms with Crippen molar-refractivity contribution in [1.29, 1.82) is 0 Å². The number of benzene rings is 1. The molecule has 0 bridgehead atoms. The van der Waals surface area contributed by atoms with Crippen LogP contribution < -0.4 is 5.43 Å². The third kappa shape index (κ3) is 3.61. The standard InChI is InChI=1S/C22H26N4OS/c1-4-22(2,3)15-7-10-18-17(11-15)19-20(23-13-24-21(19)28-18)26-25-12-14-5-8-16(27)9-6-14/h5-6,8-9,12-13,15,27H,4,7,10-11H2,1-3H3,(H,23,24,26)/b25-12+/t15-/m1/s1. The van der Waals surface area contributed by atoms with E-state index in [1.54, 1.807) is 36.0 Å². The van der Waals surface area contributed by atoms with Crippen molar-refractivity contribution in [1.82, 2.24) is 9.97 Å². The van der Waals surface area contributed by atoms with Gasteiger partial charge in [-0.2, -0.15) is 5.10 Å². The van der Waals surface area contributed by atoms with Crippen molar-refractivity contribution in [2.45, 2.75) is 46.5 Å². The van der Waals surface area contributed by atoms with Gasteiger partial charge in [0.15, 0.2) is 5.82 Å². The first-order valence-corrected chi connectivity index (χ1v) is 10.6. The lowest BCUT2D eigenvalue weighted by Crippen LogP contribution is -2.28. The van der Waals surface area contributed by atoms with Gasteiger partial charge in [-0.1, -0.05) is 27.2 Å². The van der Waals surface area contributed by atoms with Crippen LogP contribution in [0.15, 0.2) is 35.7 Å². The van der Waals surface area contributed by atoms with Crippen molar-refractivity contribution in [3.63, 3.8) is 0 Å². The third-order valence-electron chi connectivity index (χ3n) is 6.13. The minimum Gasteiger partial charge on any atom is -0.508 e. The quantitative estimate of drug-likeness (QED) is 0.450. The Morgan fingerprint density at radius 3 is 2.82 bits per heavy atom. The number of phenolic OH excluding ortho intramolecular Hbond substituents is 1. The van der Waals surface area contributed by atoms with Crippen LogP contribution in [0, 0.1) is 11.3 Å². The summed E-state index contributed by atoms with van der Waals surface area (Å²) in [6.45, 7) is 7.05. The highest BCUT2D eigenvalue weighted by molar-refractivity contribution is 7.19. The van der Waals surface area contributed by atoms with E-state index in [2.05, 4.69) is 41.3 Å². The van der Waals surface area contributed by atoms with E-state index in [-0.39, 0.29) is 5.75 Å². The predicted octanol–water partition coefficient (Wildman–Crippen LogP) is 5.38. The van der Waals surface area contributed by atoms with E-state index in [9.17, 15) is 5.11 Å². The van der Waals surface area contributed by atoms with Gasteiger partial charge in [0.25, 0.3) is 0 Å². The summed E-state index contributed by atoms with van der Waals surface area (Å²) >= 11 is 1.79. The van der Waals surface area contributed by atoms with E-state index in [4.69, 9.17) is 0 Å². The highest BCUT2D eigenvalue weighted by atomic mass is 32.1. The third-order valence-corrected chi connectivity index (χ3v) is 7.33. The number of thiophene rings is 1. The molecule has 0 amide bonds. The molecule has 4 rings (SSSR count). The lowest BCUT2D eigenvalue weighted by molar-refractivity contribution is 0.184. The van der Waals surface area contributed by atoms with Crippen molar-refractivity contribution in [2.24, 2.45) is 16.4 Å². The molecule has 0 saturated carbocycles. The first kappa shape index (κ1) is 18.9. The number of rotatable bonds is 5. The molecule has 0 fully saturated rings. The summed E-state index contributed by atoms with van der Waals surface area (Å²) in [5.74, 6) is 1.70. The van der Waals surface area contributed by atoms with Crippen molar-refractivity contribution < 1.29 is 5.11 Å². The van der Waals surface area contributed by atoms with Crippen molar-refractivity contribution >= 4 is 33.6 Å². The summed E-state index contributed by atoms with van der Waals surface area (Å²) in [7, 11) is 0. The highest BCUT2D eigenvalue weighted by Gasteiger charge is 2.33. The molecule has 2 heterocycles. The van der Waals surface area contributed by atoms with Crippen LogP contribution in [0.1, 0.15) is 49.6 Å². The Balaban J connectivity index is 1.63. The lowest BCUT2D eigenvalue weighted by Gasteiger charge is -2.36. The van der Waals surface area contributed by atoms with Gasteiger partial charge in [0.1, 0.15) is 16.9 Å². The summed E-state index contributed by atoms with van der Waals surface area (Å²) < 4.78 is 0. The van der Waals surface area contributed by atoms with Gasteiger partial charge in [0.2, 0.25) is 0 Å². The van der Waals surface area contributed by atoms with Gasteiger partial charge in [0.05, 0.1) is 11.6 Å². The summed E-state index contributed by atoms with van der Waals surface area (Å²) in [5, 5.41) is 14.9. The van der Waals surface area contributed by atoms with Crippen LogP contribution in [0.4, 0.5) is 5.82 Å². The van der Waals surface area contributed by atoms with E-state index >= 15 is 0 Å². The Labute approximate surface area is 169 Å². The second-order valence-corrected chi connectivity index (χ2v) is 9.23. The molecule has 1 atom stereocenters. The number of phenols is 1. The molecule has 0 radical (unpaired) electrons. The number of fused-ring (bicyclic) bond motifs is 3. The van der Waals surface area contributed by atoms with Crippen LogP contribution in [0.5, 0.6) is 5.75 Å². The number of nitrogens with one attached hydrogen (secondary N) is 1. The van der Waals surface area contributed by atoms with E-state index < -0.39 is 0 Å². The number of hydrogen-bond acceptors (Lipinski definition) is 6. The Hall–Kier alpha value is -2.47. The molecule has 2 aromatic heterocycles. The molecule has 1 aromatic carbocycles. The lowest BCUT2D eigenvalue weighted by atomic mass is 9.69. The zero-order valence-electron chi connectivity index (χ0n) is 16.6. The topological polar surface area (TPSA) is 70.4 Å². The molecule has 6 heteroatoms. The summed E-state index contributed by atoms with van der Waals surface area (Å²) in [6, 6.07) is 6.93. The number of aromatic nitrogens is 2. The molecule has 1 aliphatic rings. The number of aryl methyl sites for hydroxylation is 1. The van der Waals surface area contributed by atoms with Gasteiger partial charge in [-0.3, -0.25) is 5.43 Å². The molecule has 3 aromatic rings. The minimum atomic E-state index is 0.247. The number of aromatic hydroxyl groups is 1. The second-order valence-electron chi connectivity index (χ2n) is 8.15. The van der Waals surface area contributed by atoms with Crippen LogP contribution in [-0.2, 0) is 12.8 Å². The largest absolute Gasteiger partial charge is 0.508 e. The maximum Gasteiger partial charge on any atom is 0.158 e. The fourth-order valence-corrected chi connectivity index (χ4v) is 5.06. The van der Waals surface area contributed by atoms with Gasteiger partial charge in [0, 0.05) is 4.88 Å². The molecule has 5 nitrogen and oxygen atoms in total. The molecule has 0 unspecified atom stereocenters. The predicted molar refractivity (Wildman–Crippen MR) is 116 cm³/mol. The normalized spacial score (nSPS) is 17.2. The monoisotopic (exact) mass is 394 g/mol.